The number of likely N-dealkylation sites (tertiary alicyclic amines) is 1. The van der Waals surface area contributed by atoms with Crippen LogP contribution in [0.25, 0.3) is 0 Å². The Morgan fingerprint density at radius 2 is 1.66 bits per heavy atom. The highest BCUT2D eigenvalue weighted by Gasteiger charge is 2.58. The number of hydrogen-bond donors (Lipinski definition) is 3. The van der Waals surface area contributed by atoms with E-state index in [1.807, 2.05) is 73.7 Å². The number of amides is 3. The van der Waals surface area contributed by atoms with Gasteiger partial charge in [0.25, 0.3) is 0 Å². The van der Waals surface area contributed by atoms with Crippen molar-refractivity contribution < 1.29 is 19.5 Å². The average molecular weight is 519 g/mol. The van der Waals surface area contributed by atoms with E-state index in [2.05, 4.69) is 29.4 Å². The highest BCUT2D eigenvalue weighted by Crippen LogP contribution is 2.46. The van der Waals surface area contributed by atoms with Gasteiger partial charge in [0.05, 0.1) is 24.5 Å². The molecule has 38 heavy (non-hydrogen) atoms. The predicted molar refractivity (Wildman–Crippen MR) is 148 cm³/mol. The summed E-state index contributed by atoms with van der Waals surface area (Å²) in [6.07, 6.45) is 3.83. The van der Waals surface area contributed by atoms with Crippen LogP contribution in [0.4, 0.5) is 11.4 Å². The zero-order valence-corrected chi connectivity index (χ0v) is 22.5. The molecular weight excluding hydrogens is 480 g/mol. The van der Waals surface area contributed by atoms with Gasteiger partial charge >= 0.3 is 0 Å². The van der Waals surface area contributed by atoms with E-state index in [1.165, 1.54) is 4.90 Å². The van der Waals surface area contributed by atoms with E-state index in [9.17, 15) is 19.5 Å². The van der Waals surface area contributed by atoms with Crippen molar-refractivity contribution in [1.29, 1.82) is 0 Å². The fourth-order valence-corrected chi connectivity index (χ4v) is 6.03. The molecule has 0 bridgehead atoms. The molecule has 4 rings (SSSR count). The Labute approximate surface area is 224 Å². The molecule has 8 heteroatoms. The number of fused-ring (bicyclic) bond motifs is 1. The fourth-order valence-electron chi connectivity index (χ4n) is 6.03. The van der Waals surface area contributed by atoms with Crippen LogP contribution in [0.2, 0.25) is 0 Å². The topological polar surface area (TPSA) is 102 Å². The minimum atomic E-state index is -0.886. The number of rotatable bonds is 9. The summed E-state index contributed by atoms with van der Waals surface area (Å²) >= 11 is 0. The monoisotopic (exact) mass is 518 g/mol. The Kier molecular flexibility index (Phi) is 8.52. The number of nitrogens with one attached hydrogen (secondary N) is 2. The van der Waals surface area contributed by atoms with E-state index in [0.717, 1.165) is 24.3 Å². The minimum absolute atomic E-state index is 0.166. The van der Waals surface area contributed by atoms with Gasteiger partial charge in [-0.2, -0.15) is 0 Å². The molecule has 1 aliphatic heterocycles. The molecule has 8 nitrogen and oxygen atoms in total. The van der Waals surface area contributed by atoms with Gasteiger partial charge in [-0.1, -0.05) is 49.4 Å². The van der Waals surface area contributed by atoms with Gasteiger partial charge in [-0.25, -0.2) is 0 Å². The van der Waals surface area contributed by atoms with E-state index in [0.29, 0.717) is 5.69 Å². The van der Waals surface area contributed by atoms with Crippen molar-refractivity contribution in [3.8, 4) is 0 Å². The third kappa shape index (κ3) is 5.05. The number of aliphatic hydroxyl groups excluding tert-OH is 1. The lowest BCUT2D eigenvalue weighted by molar-refractivity contribution is -0.142. The van der Waals surface area contributed by atoms with Gasteiger partial charge in [0.15, 0.2) is 0 Å². The first-order valence-electron chi connectivity index (χ1n) is 13.4. The third-order valence-electron chi connectivity index (χ3n) is 7.98. The van der Waals surface area contributed by atoms with Gasteiger partial charge in [-0.3, -0.25) is 14.4 Å². The first kappa shape index (κ1) is 27.4. The van der Waals surface area contributed by atoms with Gasteiger partial charge in [0.2, 0.25) is 17.7 Å². The Balaban J connectivity index is 1.71. The minimum Gasteiger partial charge on any atom is -0.394 e. The molecule has 0 radical (unpaired) electrons. The number of carbonyl (C=O) groups is 3. The first-order valence-corrected chi connectivity index (χ1v) is 13.4. The van der Waals surface area contributed by atoms with Gasteiger partial charge in [-0.05, 0) is 49.6 Å². The summed E-state index contributed by atoms with van der Waals surface area (Å²) in [6, 6.07) is 15.3. The Bertz CT molecular complexity index is 1160. The standard InChI is InChI=1S/C30H38N4O4/c1-5-33(6-2)22-15-13-21(14-16-22)32-29(37)27-23-17-12-19(3)25(28(36)31-4)26(23)30(38)34(27)24(18-35)20-10-8-7-9-11-20/h7-17,19,23-27,35H,5-6,18H2,1-4H3,(H,31,36)(H,32,37)/t19-,23+,24-,25-,26-,27+/m1/s1. The molecule has 1 fully saturated rings. The van der Waals surface area contributed by atoms with Crippen LogP contribution in [0.3, 0.4) is 0 Å². The zero-order valence-electron chi connectivity index (χ0n) is 22.5. The molecule has 1 aliphatic carbocycles. The smallest absolute Gasteiger partial charge is 0.247 e. The van der Waals surface area contributed by atoms with Gasteiger partial charge in [0, 0.05) is 37.4 Å². The number of aliphatic hydroxyl groups is 1. The van der Waals surface area contributed by atoms with E-state index in [4.69, 9.17) is 0 Å². The summed E-state index contributed by atoms with van der Waals surface area (Å²) in [5, 5.41) is 16.2. The van der Waals surface area contributed by atoms with E-state index in [-0.39, 0.29) is 30.2 Å². The van der Waals surface area contributed by atoms with E-state index >= 15 is 0 Å². The molecule has 2 aromatic carbocycles. The second-order valence-electron chi connectivity index (χ2n) is 10.00. The molecule has 0 spiro atoms. The number of hydrogen-bond acceptors (Lipinski definition) is 5. The van der Waals surface area contributed by atoms with E-state index in [1.54, 1.807) is 7.05 Å². The Morgan fingerprint density at radius 1 is 1.00 bits per heavy atom. The molecule has 2 aliphatic rings. The quantitative estimate of drug-likeness (QED) is 0.443. The van der Waals surface area contributed by atoms with Gasteiger partial charge in [-0.15, -0.1) is 0 Å². The summed E-state index contributed by atoms with van der Waals surface area (Å²) in [4.78, 5) is 44.6. The normalized spacial score (nSPS) is 25.0. The summed E-state index contributed by atoms with van der Waals surface area (Å²) < 4.78 is 0. The molecule has 202 valence electrons. The third-order valence-corrected chi connectivity index (χ3v) is 7.98. The summed E-state index contributed by atoms with van der Waals surface area (Å²) in [5.41, 5.74) is 2.42. The van der Waals surface area contributed by atoms with Crippen LogP contribution in [0.15, 0.2) is 66.7 Å². The molecule has 1 heterocycles. The molecule has 1 saturated heterocycles. The van der Waals surface area contributed by atoms with Crippen LogP contribution in [-0.2, 0) is 14.4 Å². The second kappa shape index (κ2) is 11.8. The van der Waals surface area contributed by atoms with Crippen molar-refractivity contribution in [1.82, 2.24) is 10.2 Å². The maximum Gasteiger partial charge on any atom is 0.247 e. The summed E-state index contributed by atoms with van der Waals surface area (Å²) in [6.45, 7) is 7.51. The van der Waals surface area contributed by atoms with Gasteiger partial charge in [0.1, 0.15) is 6.04 Å². The molecular formula is C30H38N4O4. The highest BCUT2D eigenvalue weighted by molar-refractivity contribution is 6.02. The molecule has 0 saturated carbocycles. The Morgan fingerprint density at radius 3 is 2.24 bits per heavy atom. The van der Waals surface area contributed by atoms with Crippen LogP contribution < -0.4 is 15.5 Å². The number of anilines is 2. The summed E-state index contributed by atoms with van der Waals surface area (Å²) in [7, 11) is 1.56. The van der Waals surface area contributed by atoms with Crippen molar-refractivity contribution in [2.24, 2.45) is 23.7 Å². The Hall–Kier alpha value is -3.65. The van der Waals surface area contributed by atoms with Crippen molar-refractivity contribution in [2.45, 2.75) is 32.9 Å². The second-order valence-corrected chi connectivity index (χ2v) is 10.00. The van der Waals surface area contributed by atoms with Crippen molar-refractivity contribution in [2.75, 3.05) is 37.0 Å². The maximum absolute atomic E-state index is 14.1. The molecule has 0 unspecified atom stereocenters. The largest absolute Gasteiger partial charge is 0.394 e. The van der Waals surface area contributed by atoms with Crippen LogP contribution in [0, 0.1) is 23.7 Å². The lowest BCUT2D eigenvalue weighted by Gasteiger charge is -2.33. The molecule has 2 aromatic rings. The van der Waals surface area contributed by atoms with Crippen LogP contribution in [0.1, 0.15) is 32.4 Å². The fraction of sp³-hybridized carbons (Fsp3) is 0.433. The van der Waals surface area contributed by atoms with Crippen molar-refractivity contribution >= 4 is 29.1 Å². The number of carbonyl (C=O) groups excluding carboxylic acids is 3. The van der Waals surface area contributed by atoms with Crippen molar-refractivity contribution in [3.05, 3.63) is 72.3 Å². The molecule has 0 aromatic heterocycles. The lowest BCUT2D eigenvalue weighted by atomic mass is 9.70. The van der Waals surface area contributed by atoms with Crippen LogP contribution >= 0.6 is 0 Å². The SMILES string of the molecule is CCN(CC)c1ccc(NC(=O)[C@@H]2[C@H]3C=C[C@@H](C)[C@@H](C(=O)NC)[C@@H]3C(=O)N2[C@H](CO)c2ccccc2)cc1. The van der Waals surface area contributed by atoms with Gasteiger partial charge < -0.3 is 25.5 Å². The van der Waals surface area contributed by atoms with E-state index < -0.39 is 29.8 Å². The van der Waals surface area contributed by atoms with Crippen molar-refractivity contribution in [3.63, 3.8) is 0 Å². The molecule has 3 N–H and O–H groups in total. The van der Waals surface area contributed by atoms with Crippen LogP contribution in [-0.4, -0.2) is 60.5 Å². The average Bonchev–Trinajstić information content (AvgIpc) is 3.23. The number of nitrogens with zero attached hydrogens (tertiary/aromatic N) is 2. The summed E-state index contributed by atoms with van der Waals surface area (Å²) in [5.74, 6) is -2.84. The molecule has 6 atom stereocenters. The number of benzene rings is 2. The number of allylic oxidation sites excluding steroid dienone is 1. The molecule has 3 amide bonds. The first-order chi connectivity index (χ1) is 18.4. The highest BCUT2D eigenvalue weighted by atomic mass is 16.3. The maximum atomic E-state index is 14.1. The van der Waals surface area contributed by atoms with Crippen LogP contribution in [0.5, 0.6) is 0 Å². The lowest BCUT2D eigenvalue weighted by Crippen LogP contribution is -2.46. The predicted octanol–water partition coefficient (Wildman–Crippen LogP) is 3.22. The zero-order chi connectivity index (χ0) is 27.4.